The van der Waals surface area contributed by atoms with E-state index in [1.807, 2.05) is 30.3 Å². The summed E-state index contributed by atoms with van der Waals surface area (Å²) in [4.78, 5) is 26.5. The molecule has 8 heteroatoms. The van der Waals surface area contributed by atoms with Crippen LogP contribution in [0.3, 0.4) is 0 Å². The third-order valence-electron chi connectivity index (χ3n) is 2.45. The highest BCUT2D eigenvalue weighted by molar-refractivity contribution is 6.34. The molecule has 0 saturated heterocycles. The number of halogens is 2. The summed E-state index contributed by atoms with van der Waals surface area (Å²) >= 11 is 10.9. The van der Waals surface area contributed by atoms with Gasteiger partial charge in [0.25, 0.3) is 0 Å². The van der Waals surface area contributed by atoms with Crippen LogP contribution in [0.15, 0.2) is 42.5 Å². The van der Waals surface area contributed by atoms with Crippen molar-refractivity contribution in [2.75, 3.05) is 19.4 Å². The van der Waals surface area contributed by atoms with Crippen molar-refractivity contribution >= 4 is 40.9 Å². The maximum atomic E-state index is 11.1. The van der Waals surface area contributed by atoms with Crippen molar-refractivity contribution in [1.82, 2.24) is 9.88 Å². The second kappa shape index (κ2) is 8.97. The third kappa shape index (κ3) is 6.54. The fraction of sp³-hybridized carbons (Fsp3) is 0.133. The molecule has 122 valence electrons. The van der Waals surface area contributed by atoms with Crippen LogP contribution in [0.1, 0.15) is 10.5 Å². The average Bonchev–Trinajstić information content (AvgIpc) is 2.51. The fourth-order valence-corrected chi connectivity index (χ4v) is 1.66. The first-order chi connectivity index (χ1) is 10.8. The van der Waals surface area contributed by atoms with Gasteiger partial charge in [-0.25, -0.2) is 14.6 Å². The summed E-state index contributed by atoms with van der Waals surface area (Å²) in [6, 6.07) is 12.1. The van der Waals surface area contributed by atoms with Gasteiger partial charge in [-0.05, 0) is 24.3 Å². The Labute approximate surface area is 143 Å². The van der Waals surface area contributed by atoms with Crippen molar-refractivity contribution < 1.29 is 14.7 Å². The van der Waals surface area contributed by atoms with E-state index in [1.54, 1.807) is 14.1 Å². The first-order valence-electron chi connectivity index (χ1n) is 6.40. The van der Waals surface area contributed by atoms with E-state index in [1.165, 1.54) is 17.0 Å². The lowest BCUT2D eigenvalue weighted by Crippen LogP contribution is -2.27. The number of carbonyl (C=O) groups is 2. The number of amides is 2. The quantitative estimate of drug-likeness (QED) is 0.801. The molecule has 23 heavy (non-hydrogen) atoms. The molecule has 6 nitrogen and oxygen atoms in total. The second-order valence-corrected chi connectivity index (χ2v) is 5.25. The number of pyridine rings is 1. The molecule has 0 atom stereocenters. The molecule has 0 unspecified atom stereocenters. The molecule has 0 saturated carbocycles. The van der Waals surface area contributed by atoms with Crippen LogP contribution in [-0.4, -0.2) is 41.1 Å². The van der Waals surface area contributed by atoms with Gasteiger partial charge in [-0.2, -0.15) is 0 Å². The molecule has 2 rings (SSSR count). The Morgan fingerprint density at radius 3 is 2.17 bits per heavy atom. The van der Waals surface area contributed by atoms with E-state index in [2.05, 4.69) is 10.3 Å². The Hall–Kier alpha value is -2.31. The van der Waals surface area contributed by atoms with E-state index in [-0.39, 0.29) is 21.9 Å². The van der Waals surface area contributed by atoms with Crippen LogP contribution in [0.4, 0.5) is 10.5 Å². The lowest BCUT2D eigenvalue weighted by atomic mass is 10.3. The summed E-state index contributed by atoms with van der Waals surface area (Å²) in [6.07, 6.45) is 0. The highest BCUT2D eigenvalue weighted by Crippen LogP contribution is 2.16. The molecular formula is C15H15Cl2N3O3. The van der Waals surface area contributed by atoms with Gasteiger partial charge in [0.2, 0.25) is 0 Å². The number of hydrogen-bond acceptors (Lipinski definition) is 3. The maximum Gasteiger partial charge on any atom is 0.356 e. The van der Waals surface area contributed by atoms with Crippen molar-refractivity contribution in [3.8, 4) is 0 Å². The molecular weight excluding hydrogens is 341 g/mol. The molecule has 1 aromatic carbocycles. The standard InChI is InChI=1S/C9H12N2O.C6H3Cl2NO2/c1-11(2)9(12)10-8-6-4-3-5-7-8;7-3-1-2-4(8)9-5(3)6(10)11/h3-7H,1-2H3,(H,10,12);1-2H,(H,10,11). The Morgan fingerprint density at radius 1 is 1.09 bits per heavy atom. The summed E-state index contributed by atoms with van der Waals surface area (Å²) in [5.41, 5.74) is 0.593. The predicted octanol–water partition coefficient (Wildman–Crippen LogP) is 3.87. The topological polar surface area (TPSA) is 82.5 Å². The predicted molar refractivity (Wildman–Crippen MR) is 90.4 cm³/mol. The summed E-state index contributed by atoms with van der Waals surface area (Å²) < 4.78 is 0. The Morgan fingerprint density at radius 2 is 1.70 bits per heavy atom. The molecule has 0 aliphatic rings. The van der Waals surface area contributed by atoms with Gasteiger partial charge in [0.05, 0.1) is 5.02 Å². The highest BCUT2D eigenvalue weighted by Gasteiger charge is 2.09. The highest BCUT2D eigenvalue weighted by atomic mass is 35.5. The molecule has 0 fully saturated rings. The lowest BCUT2D eigenvalue weighted by Gasteiger charge is -2.11. The van der Waals surface area contributed by atoms with Gasteiger partial charge < -0.3 is 15.3 Å². The van der Waals surface area contributed by atoms with Crippen LogP contribution in [0.5, 0.6) is 0 Å². The molecule has 2 aromatic rings. The summed E-state index contributed by atoms with van der Waals surface area (Å²) in [7, 11) is 3.41. The molecule has 0 aliphatic carbocycles. The molecule has 2 N–H and O–H groups in total. The molecule has 1 heterocycles. The minimum Gasteiger partial charge on any atom is -0.476 e. The van der Waals surface area contributed by atoms with Crippen molar-refractivity contribution in [3.05, 3.63) is 58.3 Å². The number of para-hydroxylation sites is 1. The van der Waals surface area contributed by atoms with Crippen LogP contribution in [0.25, 0.3) is 0 Å². The number of rotatable bonds is 2. The van der Waals surface area contributed by atoms with Crippen LogP contribution in [-0.2, 0) is 0 Å². The molecule has 0 bridgehead atoms. The zero-order chi connectivity index (χ0) is 17.4. The number of anilines is 1. The summed E-state index contributed by atoms with van der Waals surface area (Å²) in [5.74, 6) is -1.18. The van der Waals surface area contributed by atoms with E-state index in [0.29, 0.717) is 0 Å². The molecule has 1 aromatic heterocycles. The van der Waals surface area contributed by atoms with E-state index >= 15 is 0 Å². The number of carboxylic acid groups (broad SMARTS) is 1. The van der Waals surface area contributed by atoms with Crippen LogP contribution in [0, 0.1) is 0 Å². The number of urea groups is 1. The van der Waals surface area contributed by atoms with E-state index < -0.39 is 5.97 Å². The van der Waals surface area contributed by atoms with E-state index in [4.69, 9.17) is 28.3 Å². The first kappa shape index (κ1) is 18.7. The number of carboxylic acids is 1. The van der Waals surface area contributed by atoms with E-state index in [0.717, 1.165) is 5.69 Å². The zero-order valence-corrected chi connectivity index (χ0v) is 14.0. The number of hydrogen-bond donors (Lipinski definition) is 2. The monoisotopic (exact) mass is 355 g/mol. The number of nitrogens with one attached hydrogen (secondary N) is 1. The van der Waals surface area contributed by atoms with Gasteiger partial charge in [0.15, 0.2) is 5.69 Å². The minimum absolute atomic E-state index is 0.0851. The normalized spacial score (nSPS) is 9.39. The van der Waals surface area contributed by atoms with Gasteiger partial charge in [0, 0.05) is 19.8 Å². The third-order valence-corrected chi connectivity index (χ3v) is 2.96. The lowest BCUT2D eigenvalue weighted by molar-refractivity contribution is 0.0690. The minimum atomic E-state index is -1.18. The number of aromatic nitrogens is 1. The maximum absolute atomic E-state index is 11.1. The van der Waals surface area contributed by atoms with Gasteiger partial charge in [0.1, 0.15) is 5.15 Å². The summed E-state index contributed by atoms with van der Waals surface area (Å²) in [5, 5.41) is 11.4. The van der Waals surface area contributed by atoms with Crippen molar-refractivity contribution in [2.24, 2.45) is 0 Å². The van der Waals surface area contributed by atoms with Crippen LogP contribution in [0.2, 0.25) is 10.2 Å². The van der Waals surface area contributed by atoms with Crippen molar-refractivity contribution in [1.29, 1.82) is 0 Å². The van der Waals surface area contributed by atoms with Gasteiger partial charge in [-0.15, -0.1) is 0 Å². The van der Waals surface area contributed by atoms with Crippen molar-refractivity contribution in [3.63, 3.8) is 0 Å². The molecule has 2 amide bonds. The number of carbonyl (C=O) groups excluding carboxylic acids is 1. The number of aromatic carboxylic acids is 1. The van der Waals surface area contributed by atoms with Gasteiger partial charge >= 0.3 is 12.0 Å². The Kier molecular flexibility index (Phi) is 7.31. The average molecular weight is 356 g/mol. The van der Waals surface area contributed by atoms with Crippen LogP contribution >= 0.6 is 23.2 Å². The van der Waals surface area contributed by atoms with E-state index in [9.17, 15) is 9.59 Å². The number of nitrogens with zero attached hydrogens (tertiary/aromatic N) is 2. The van der Waals surface area contributed by atoms with Crippen molar-refractivity contribution in [2.45, 2.75) is 0 Å². The van der Waals surface area contributed by atoms with Gasteiger partial charge in [-0.3, -0.25) is 0 Å². The summed E-state index contributed by atoms with van der Waals surface area (Å²) in [6.45, 7) is 0. The van der Waals surface area contributed by atoms with Crippen LogP contribution < -0.4 is 5.32 Å². The largest absolute Gasteiger partial charge is 0.476 e. The Bertz CT molecular complexity index is 679. The first-order valence-corrected chi connectivity index (χ1v) is 7.15. The fourth-order valence-electron chi connectivity index (χ4n) is 1.33. The molecule has 0 radical (unpaired) electrons. The zero-order valence-electron chi connectivity index (χ0n) is 12.5. The SMILES string of the molecule is CN(C)C(=O)Nc1ccccc1.O=C(O)c1nc(Cl)ccc1Cl. The smallest absolute Gasteiger partial charge is 0.356 e. The Balaban J connectivity index is 0.000000231. The molecule has 0 aliphatic heterocycles. The number of benzene rings is 1. The second-order valence-electron chi connectivity index (χ2n) is 4.46. The molecule has 0 spiro atoms. The van der Waals surface area contributed by atoms with Gasteiger partial charge in [-0.1, -0.05) is 41.4 Å².